The van der Waals surface area contributed by atoms with Crippen LogP contribution in [0, 0.1) is 6.92 Å². The second-order valence-corrected chi connectivity index (χ2v) is 4.51. The fourth-order valence-corrected chi connectivity index (χ4v) is 1.91. The van der Waals surface area contributed by atoms with Gasteiger partial charge in [-0.1, -0.05) is 6.07 Å². The first-order valence-corrected chi connectivity index (χ1v) is 6.12. The van der Waals surface area contributed by atoms with E-state index in [1.165, 1.54) is 0 Å². The molecule has 0 saturated carbocycles. The number of carbonyl (C=O) groups is 1. The van der Waals surface area contributed by atoms with E-state index < -0.39 is 5.97 Å². The van der Waals surface area contributed by atoms with Crippen molar-refractivity contribution in [2.24, 2.45) is 7.05 Å². The molecule has 19 heavy (non-hydrogen) atoms. The van der Waals surface area contributed by atoms with E-state index in [2.05, 4.69) is 10.4 Å². The molecule has 1 aromatic carbocycles. The van der Waals surface area contributed by atoms with Crippen LogP contribution >= 0.6 is 0 Å². The number of carboxylic acids is 1. The number of nitrogens with zero attached hydrogens (tertiary/aromatic N) is 2. The Morgan fingerprint density at radius 1 is 1.42 bits per heavy atom. The van der Waals surface area contributed by atoms with Gasteiger partial charge in [-0.25, -0.2) is 4.79 Å². The second kappa shape index (κ2) is 5.56. The van der Waals surface area contributed by atoms with Crippen LogP contribution in [0.1, 0.15) is 21.6 Å². The monoisotopic (exact) mass is 259 g/mol. The molecule has 0 aliphatic carbocycles. The van der Waals surface area contributed by atoms with Gasteiger partial charge in [0.05, 0.1) is 11.3 Å². The number of anilines is 1. The van der Waals surface area contributed by atoms with E-state index in [1.807, 2.05) is 32.3 Å². The molecule has 0 radical (unpaired) electrons. The third kappa shape index (κ3) is 3.34. The SMILES string of the molecule is Cc1ccc(C(=O)O)c(NCCc2ccn(C)n2)c1. The minimum absolute atomic E-state index is 0.298. The smallest absolute Gasteiger partial charge is 0.337 e. The Bertz CT molecular complexity index is 590. The molecule has 0 fully saturated rings. The van der Waals surface area contributed by atoms with Gasteiger partial charge < -0.3 is 10.4 Å². The molecule has 100 valence electrons. The summed E-state index contributed by atoms with van der Waals surface area (Å²) < 4.78 is 1.75. The third-order valence-electron chi connectivity index (χ3n) is 2.87. The largest absolute Gasteiger partial charge is 0.478 e. The van der Waals surface area contributed by atoms with Gasteiger partial charge in [0.1, 0.15) is 0 Å². The van der Waals surface area contributed by atoms with Crippen molar-refractivity contribution in [1.82, 2.24) is 9.78 Å². The van der Waals surface area contributed by atoms with Crippen LogP contribution < -0.4 is 5.32 Å². The Labute approximate surface area is 111 Å². The minimum Gasteiger partial charge on any atom is -0.478 e. The molecule has 0 aliphatic rings. The maximum absolute atomic E-state index is 11.1. The predicted octanol–water partition coefficient (Wildman–Crippen LogP) is 2.08. The number of aryl methyl sites for hydroxylation is 2. The molecule has 0 aliphatic heterocycles. The van der Waals surface area contributed by atoms with Gasteiger partial charge in [0.15, 0.2) is 0 Å². The molecule has 5 heteroatoms. The van der Waals surface area contributed by atoms with Crippen LogP contribution in [0.3, 0.4) is 0 Å². The van der Waals surface area contributed by atoms with Gasteiger partial charge >= 0.3 is 5.97 Å². The zero-order chi connectivity index (χ0) is 13.8. The molecule has 2 aromatic rings. The Morgan fingerprint density at radius 2 is 2.21 bits per heavy atom. The Balaban J connectivity index is 2.02. The average Bonchev–Trinajstić information content (AvgIpc) is 2.75. The number of rotatable bonds is 5. The summed E-state index contributed by atoms with van der Waals surface area (Å²) in [6.45, 7) is 2.59. The van der Waals surface area contributed by atoms with Gasteiger partial charge in [0.2, 0.25) is 0 Å². The quantitative estimate of drug-likeness (QED) is 0.862. The van der Waals surface area contributed by atoms with E-state index in [9.17, 15) is 4.79 Å². The van der Waals surface area contributed by atoms with Gasteiger partial charge in [0, 0.05) is 31.9 Å². The van der Waals surface area contributed by atoms with Crippen LogP contribution in [0.15, 0.2) is 30.5 Å². The molecule has 5 nitrogen and oxygen atoms in total. The number of aromatic nitrogens is 2. The van der Waals surface area contributed by atoms with Gasteiger partial charge in [0.25, 0.3) is 0 Å². The molecule has 2 N–H and O–H groups in total. The maximum atomic E-state index is 11.1. The van der Waals surface area contributed by atoms with Gasteiger partial charge in [-0.2, -0.15) is 5.10 Å². The van der Waals surface area contributed by atoms with E-state index in [0.29, 0.717) is 17.8 Å². The third-order valence-corrected chi connectivity index (χ3v) is 2.87. The number of hydrogen-bond donors (Lipinski definition) is 2. The lowest BCUT2D eigenvalue weighted by Gasteiger charge is -2.09. The number of nitrogens with one attached hydrogen (secondary N) is 1. The topological polar surface area (TPSA) is 67.2 Å². The predicted molar refractivity (Wildman–Crippen MR) is 73.5 cm³/mol. The highest BCUT2D eigenvalue weighted by Crippen LogP contribution is 2.17. The van der Waals surface area contributed by atoms with E-state index in [0.717, 1.165) is 17.7 Å². The van der Waals surface area contributed by atoms with Crippen molar-refractivity contribution in [1.29, 1.82) is 0 Å². The molecule has 0 bridgehead atoms. The van der Waals surface area contributed by atoms with Crippen LogP contribution in [-0.2, 0) is 13.5 Å². The lowest BCUT2D eigenvalue weighted by atomic mass is 10.1. The minimum atomic E-state index is -0.916. The van der Waals surface area contributed by atoms with Crippen LogP contribution in [-0.4, -0.2) is 27.4 Å². The molecule has 0 atom stereocenters. The van der Waals surface area contributed by atoms with Crippen molar-refractivity contribution >= 4 is 11.7 Å². The summed E-state index contributed by atoms with van der Waals surface area (Å²) in [5.74, 6) is -0.916. The van der Waals surface area contributed by atoms with Crippen molar-refractivity contribution in [2.45, 2.75) is 13.3 Å². The first kappa shape index (κ1) is 13.1. The molecule has 2 rings (SSSR count). The highest BCUT2D eigenvalue weighted by atomic mass is 16.4. The average molecular weight is 259 g/mol. The first-order valence-electron chi connectivity index (χ1n) is 6.12. The summed E-state index contributed by atoms with van der Waals surface area (Å²) in [6, 6.07) is 7.23. The number of carboxylic acid groups (broad SMARTS) is 1. The van der Waals surface area contributed by atoms with Crippen molar-refractivity contribution in [3.63, 3.8) is 0 Å². The van der Waals surface area contributed by atoms with E-state index in [-0.39, 0.29) is 0 Å². The summed E-state index contributed by atoms with van der Waals surface area (Å²) in [6.07, 6.45) is 2.65. The molecule has 1 aromatic heterocycles. The highest BCUT2D eigenvalue weighted by molar-refractivity contribution is 5.94. The molecule has 0 spiro atoms. The van der Waals surface area contributed by atoms with E-state index in [1.54, 1.807) is 16.8 Å². The standard InChI is InChI=1S/C14H17N3O2/c1-10-3-4-12(14(18)19)13(9-10)15-7-5-11-6-8-17(2)16-11/h3-4,6,8-9,15H,5,7H2,1-2H3,(H,18,19). The molecule has 1 heterocycles. The second-order valence-electron chi connectivity index (χ2n) is 4.51. The number of benzene rings is 1. The normalized spacial score (nSPS) is 10.4. The van der Waals surface area contributed by atoms with Crippen LogP contribution in [0.4, 0.5) is 5.69 Å². The lowest BCUT2D eigenvalue weighted by molar-refractivity contribution is 0.0698. The first-order chi connectivity index (χ1) is 9.06. The van der Waals surface area contributed by atoms with Crippen molar-refractivity contribution in [2.75, 3.05) is 11.9 Å². The number of hydrogen-bond acceptors (Lipinski definition) is 3. The fourth-order valence-electron chi connectivity index (χ4n) is 1.91. The zero-order valence-electron chi connectivity index (χ0n) is 11.1. The van der Waals surface area contributed by atoms with Crippen molar-refractivity contribution in [3.05, 3.63) is 47.3 Å². The lowest BCUT2D eigenvalue weighted by Crippen LogP contribution is -2.10. The van der Waals surface area contributed by atoms with Crippen LogP contribution in [0.5, 0.6) is 0 Å². The van der Waals surface area contributed by atoms with E-state index >= 15 is 0 Å². The Hall–Kier alpha value is -2.30. The summed E-state index contributed by atoms with van der Waals surface area (Å²) in [4.78, 5) is 11.1. The Kier molecular flexibility index (Phi) is 3.85. The number of aromatic carboxylic acids is 1. The molecular formula is C14H17N3O2. The van der Waals surface area contributed by atoms with Crippen molar-refractivity contribution in [3.8, 4) is 0 Å². The van der Waals surface area contributed by atoms with Gasteiger partial charge in [-0.15, -0.1) is 0 Å². The van der Waals surface area contributed by atoms with Crippen LogP contribution in [0.2, 0.25) is 0 Å². The molecular weight excluding hydrogens is 242 g/mol. The van der Waals surface area contributed by atoms with Gasteiger partial charge in [-0.05, 0) is 30.7 Å². The van der Waals surface area contributed by atoms with E-state index in [4.69, 9.17) is 5.11 Å². The summed E-state index contributed by atoms with van der Waals surface area (Å²) in [5.41, 5.74) is 2.97. The van der Waals surface area contributed by atoms with Crippen molar-refractivity contribution < 1.29 is 9.90 Å². The molecule has 0 amide bonds. The van der Waals surface area contributed by atoms with Crippen LogP contribution in [0.25, 0.3) is 0 Å². The summed E-state index contributed by atoms with van der Waals surface area (Å²) in [5, 5.41) is 16.6. The Morgan fingerprint density at radius 3 is 2.84 bits per heavy atom. The summed E-state index contributed by atoms with van der Waals surface area (Å²) in [7, 11) is 1.88. The molecule has 0 unspecified atom stereocenters. The van der Waals surface area contributed by atoms with Gasteiger partial charge in [-0.3, -0.25) is 4.68 Å². The maximum Gasteiger partial charge on any atom is 0.337 e. The fraction of sp³-hybridized carbons (Fsp3) is 0.286. The molecule has 0 saturated heterocycles. The zero-order valence-corrected chi connectivity index (χ0v) is 11.1. The highest BCUT2D eigenvalue weighted by Gasteiger charge is 2.09. The summed E-state index contributed by atoms with van der Waals surface area (Å²) >= 11 is 0.